The van der Waals surface area contributed by atoms with Gasteiger partial charge >= 0.3 is 7.82 Å². The van der Waals surface area contributed by atoms with E-state index in [2.05, 4.69) is 15.0 Å². The highest BCUT2D eigenvalue weighted by Gasteiger charge is 2.38. The zero-order valence-electron chi connectivity index (χ0n) is 21.0. The highest BCUT2D eigenvalue weighted by Crippen LogP contribution is 2.44. The number of imide groups is 1. The lowest BCUT2D eigenvalue weighted by molar-refractivity contribution is -0.0439. The Morgan fingerprint density at radius 3 is 2.52 bits per heavy atom. The standard InChI is InChI=1S/C25H25N6O8P/c26-22-21-23(28-12-27-22)31(13-29-21)19-10-17(32)18(39-19)11-38-40(35,36)37-9-3-8-30-24(33)15-6-1-4-14-5-2-7-16(20(14)15)25(30)34/h1-2,4-7,12-13,17-19,32H,3,8-11H2,(H,35,36)(H2,26,27,28)/t17-,18+,19+/m0/s1. The number of nitrogens with zero attached hydrogens (tertiary/aromatic N) is 5. The van der Waals surface area contributed by atoms with Gasteiger partial charge in [0, 0.05) is 29.5 Å². The molecule has 15 heteroatoms. The number of rotatable bonds is 9. The van der Waals surface area contributed by atoms with E-state index in [-0.39, 0.29) is 31.8 Å². The SMILES string of the molecule is Nc1ncnc2c1ncn2[C@H]1C[C@H](O)[C@@H](COP(=O)(O)OCCCN2C(=O)c3cccc4cccc(c34)C2=O)O1. The normalized spacial score (nSPS) is 22.4. The average molecular weight is 568 g/mol. The molecular formula is C25H25N6O8P. The van der Waals surface area contributed by atoms with Crippen LogP contribution in [0.1, 0.15) is 39.8 Å². The molecule has 0 spiro atoms. The van der Waals surface area contributed by atoms with Crippen molar-refractivity contribution in [3.05, 3.63) is 60.2 Å². The van der Waals surface area contributed by atoms with E-state index < -0.39 is 44.7 Å². The van der Waals surface area contributed by atoms with Crippen LogP contribution < -0.4 is 5.73 Å². The summed E-state index contributed by atoms with van der Waals surface area (Å²) in [5, 5.41) is 11.9. The first-order valence-corrected chi connectivity index (χ1v) is 14.0. The molecule has 0 saturated carbocycles. The van der Waals surface area contributed by atoms with E-state index in [0.717, 1.165) is 10.3 Å². The maximum Gasteiger partial charge on any atom is 0.472 e. The highest BCUT2D eigenvalue weighted by molar-refractivity contribution is 7.47. The summed E-state index contributed by atoms with van der Waals surface area (Å²) < 4.78 is 30.0. The van der Waals surface area contributed by atoms with Crippen LogP contribution in [-0.4, -0.2) is 78.2 Å². The lowest BCUT2D eigenvalue weighted by atomic mass is 9.94. The van der Waals surface area contributed by atoms with Crippen molar-refractivity contribution >= 4 is 47.4 Å². The Labute approximate surface area is 226 Å². The van der Waals surface area contributed by atoms with Crippen LogP contribution in [0.3, 0.4) is 0 Å². The molecule has 2 aromatic heterocycles. The number of ether oxygens (including phenoxy) is 1. The van der Waals surface area contributed by atoms with Crippen molar-refractivity contribution < 1.29 is 37.9 Å². The summed E-state index contributed by atoms with van der Waals surface area (Å²) >= 11 is 0. The van der Waals surface area contributed by atoms with Crippen molar-refractivity contribution in [3.8, 4) is 0 Å². The van der Waals surface area contributed by atoms with Crippen LogP contribution in [0.4, 0.5) is 5.82 Å². The Morgan fingerprint density at radius 2 is 1.80 bits per heavy atom. The minimum atomic E-state index is -4.52. The number of phosphoric ester groups is 1. The topological polar surface area (TPSA) is 192 Å². The zero-order valence-corrected chi connectivity index (χ0v) is 21.9. The number of amides is 2. The lowest BCUT2D eigenvalue weighted by Gasteiger charge is -2.27. The van der Waals surface area contributed by atoms with E-state index in [1.54, 1.807) is 28.8 Å². The Balaban J connectivity index is 1.01. The third kappa shape index (κ3) is 4.74. The first-order chi connectivity index (χ1) is 19.2. The third-order valence-electron chi connectivity index (χ3n) is 6.94. The number of benzene rings is 2. The molecule has 0 bridgehead atoms. The van der Waals surface area contributed by atoms with Gasteiger partial charge < -0.3 is 20.5 Å². The van der Waals surface area contributed by atoms with Crippen LogP contribution in [0, 0.1) is 0 Å². The second-order valence-electron chi connectivity index (χ2n) is 9.44. The summed E-state index contributed by atoms with van der Waals surface area (Å²) in [6.07, 6.45) is 0.450. The molecule has 2 aromatic carbocycles. The lowest BCUT2D eigenvalue weighted by Crippen LogP contribution is -2.41. The van der Waals surface area contributed by atoms with Gasteiger partial charge in [-0.05, 0) is 23.9 Å². The Bertz CT molecular complexity index is 1630. The zero-order chi connectivity index (χ0) is 28.0. The molecule has 4 atom stereocenters. The number of carbonyl (C=O) groups is 2. The highest BCUT2D eigenvalue weighted by atomic mass is 31.2. The molecule has 4 aromatic rings. The molecule has 2 aliphatic rings. The molecular weight excluding hydrogens is 543 g/mol. The molecule has 1 fully saturated rings. The minimum Gasteiger partial charge on any atom is -0.390 e. The van der Waals surface area contributed by atoms with Gasteiger partial charge in [-0.2, -0.15) is 0 Å². The number of imidazole rings is 1. The quantitative estimate of drug-likeness (QED) is 0.151. The van der Waals surface area contributed by atoms with Gasteiger partial charge in [0.05, 0.1) is 25.6 Å². The molecule has 0 radical (unpaired) electrons. The first-order valence-electron chi connectivity index (χ1n) is 12.5. The number of aromatic nitrogens is 4. The first kappa shape index (κ1) is 26.4. The summed E-state index contributed by atoms with van der Waals surface area (Å²) in [6, 6.07) is 10.5. The molecule has 6 rings (SSSR count). The summed E-state index contributed by atoms with van der Waals surface area (Å²) in [4.78, 5) is 49.4. The predicted molar refractivity (Wildman–Crippen MR) is 140 cm³/mol. The summed E-state index contributed by atoms with van der Waals surface area (Å²) in [7, 11) is -4.52. The van der Waals surface area contributed by atoms with Gasteiger partial charge in [0.15, 0.2) is 11.5 Å². The van der Waals surface area contributed by atoms with Gasteiger partial charge in [-0.25, -0.2) is 19.5 Å². The minimum absolute atomic E-state index is 0.0124. The van der Waals surface area contributed by atoms with Crippen LogP contribution in [0.2, 0.25) is 0 Å². The number of fused-ring (bicyclic) bond motifs is 1. The fraction of sp³-hybridized carbons (Fsp3) is 0.320. The second kappa shape index (κ2) is 10.3. The van der Waals surface area contributed by atoms with Crippen molar-refractivity contribution in [1.82, 2.24) is 24.4 Å². The second-order valence-corrected chi connectivity index (χ2v) is 10.9. The largest absolute Gasteiger partial charge is 0.472 e. The van der Waals surface area contributed by atoms with Gasteiger partial charge in [0.2, 0.25) is 0 Å². The van der Waals surface area contributed by atoms with Crippen molar-refractivity contribution in [2.24, 2.45) is 0 Å². The van der Waals surface area contributed by atoms with Crippen LogP contribution in [0.5, 0.6) is 0 Å². The van der Waals surface area contributed by atoms with E-state index >= 15 is 0 Å². The Hall–Kier alpha value is -3.78. The number of aliphatic hydroxyl groups is 1. The number of hydrogen-bond donors (Lipinski definition) is 3. The van der Waals surface area contributed by atoms with Gasteiger partial charge in [-0.15, -0.1) is 0 Å². The van der Waals surface area contributed by atoms with E-state index in [0.29, 0.717) is 27.7 Å². The van der Waals surface area contributed by atoms with Crippen LogP contribution >= 0.6 is 7.82 Å². The van der Waals surface area contributed by atoms with Gasteiger partial charge in [-0.3, -0.25) is 28.1 Å². The predicted octanol–water partition coefficient (Wildman–Crippen LogP) is 2.03. The molecule has 4 N–H and O–H groups in total. The van der Waals surface area contributed by atoms with Crippen LogP contribution in [0.15, 0.2) is 49.1 Å². The van der Waals surface area contributed by atoms with Gasteiger partial charge in [0.25, 0.3) is 11.8 Å². The van der Waals surface area contributed by atoms with Crippen LogP contribution in [-0.2, 0) is 18.3 Å². The Kier molecular flexibility index (Phi) is 6.82. The number of phosphoric acid groups is 1. The summed E-state index contributed by atoms with van der Waals surface area (Å²) in [5.41, 5.74) is 7.49. The number of hydrogen-bond acceptors (Lipinski definition) is 11. The van der Waals surface area contributed by atoms with Crippen LogP contribution in [0.25, 0.3) is 21.9 Å². The van der Waals surface area contributed by atoms with Crippen molar-refractivity contribution in [3.63, 3.8) is 0 Å². The molecule has 4 heterocycles. The summed E-state index contributed by atoms with van der Waals surface area (Å²) in [6.45, 7) is -0.684. The van der Waals surface area contributed by atoms with E-state index in [1.807, 2.05) is 12.1 Å². The molecule has 1 unspecified atom stereocenters. The van der Waals surface area contributed by atoms with E-state index in [4.69, 9.17) is 19.5 Å². The number of nitrogen functional groups attached to an aromatic ring is 1. The fourth-order valence-corrected chi connectivity index (χ4v) is 5.78. The fourth-order valence-electron chi connectivity index (χ4n) is 5.01. The van der Waals surface area contributed by atoms with Gasteiger partial charge in [0.1, 0.15) is 24.2 Å². The smallest absolute Gasteiger partial charge is 0.390 e. The molecule has 2 amide bonds. The molecule has 208 valence electrons. The average Bonchev–Trinajstić information content (AvgIpc) is 3.54. The maximum absolute atomic E-state index is 13.0. The molecule has 2 aliphatic heterocycles. The monoisotopic (exact) mass is 568 g/mol. The molecule has 14 nitrogen and oxygen atoms in total. The summed E-state index contributed by atoms with van der Waals surface area (Å²) in [5.74, 6) is -0.657. The molecule has 0 aliphatic carbocycles. The van der Waals surface area contributed by atoms with Gasteiger partial charge in [-0.1, -0.05) is 24.3 Å². The van der Waals surface area contributed by atoms with Crippen molar-refractivity contribution in [1.29, 1.82) is 0 Å². The number of anilines is 1. The molecule has 1 saturated heterocycles. The third-order valence-corrected chi connectivity index (χ3v) is 7.92. The molecule has 40 heavy (non-hydrogen) atoms. The number of aliphatic hydroxyl groups excluding tert-OH is 1. The van der Waals surface area contributed by atoms with E-state index in [1.165, 1.54) is 12.7 Å². The Morgan fingerprint density at radius 1 is 1.07 bits per heavy atom. The van der Waals surface area contributed by atoms with Crippen molar-refractivity contribution in [2.45, 2.75) is 31.3 Å². The number of carbonyl (C=O) groups excluding carboxylic acids is 2. The van der Waals surface area contributed by atoms with Crippen molar-refractivity contribution in [2.75, 3.05) is 25.5 Å². The van der Waals surface area contributed by atoms with E-state index in [9.17, 15) is 24.2 Å². The maximum atomic E-state index is 13.0. The number of nitrogens with two attached hydrogens (primary N) is 1.